The summed E-state index contributed by atoms with van der Waals surface area (Å²) in [6, 6.07) is 0.297. The second-order valence-corrected chi connectivity index (χ2v) is 4.09. The molecule has 0 aliphatic heterocycles. The van der Waals surface area contributed by atoms with Gasteiger partial charge in [-0.15, -0.1) is 0 Å². The second-order valence-electron chi connectivity index (χ2n) is 4.09. The minimum atomic E-state index is -0.770. The molecule has 0 rings (SSSR count). The highest BCUT2D eigenvalue weighted by molar-refractivity contribution is 5.69. The number of rotatable bonds is 10. The van der Waals surface area contributed by atoms with Gasteiger partial charge in [-0.3, -0.25) is 9.69 Å². The van der Waals surface area contributed by atoms with Crippen LogP contribution in [0.3, 0.4) is 0 Å². The molecule has 0 aromatic carbocycles. The number of carboxylic acid groups (broad SMARTS) is 1. The Labute approximate surface area is 98.6 Å². The molecule has 0 heterocycles. The van der Waals surface area contributed by atoms with E-state index in [0.29, 0.717) is 19.2 Å². The minimum Gasteiger partial charge on any atom is -0.480 e. The molecule has 0 saturated heterocycles. The van der Waals surface area contributed by atoms with Gasteiger partial charge in [-0.05, 0) is 19.8 Å². The van der Waals surface area contributed by atoms with Crippen LogP contribution in [0.4, 0.5) is 0 Å². The van der Waals surface area contributed by atoms with E-state index in [-0.39, 0.29) is 6.54 Å². The molecule has 1 unspecified atom stereocenters. The van der Waals surface area contributed by atoms with Gasteiger partial charge in [-0.25, -0.2) is 0 Å². The number of hydrogen-bond donors (Lipinski definition) is 1. The average molecular weight is 231 g/mol. The van der Waals surface area contributed by atoms with E-state index in [1.54, 1.807) is 0 Å². The first kappa shape index (κ1) is 15.4. The molecule has 0 spiro atoms. The monoisotopic (exact) mass is 231 g/mol. The van der Waals surface area contributed by atoms with Crippen molar-refractivity contribution in [3.63, 3.8) is 0 Å². The Morgan fingerprint density at radius 2 is 2.06 bits per heavy atom. The van der Waals surface area contributed by atoms with Crippen LogP contribution < -0.4 is 0 Å². The summed E-state index contributed by atoms with van der Waals surface area (Å²) in [5, 5.41) is 8.79. The van der Waals surface area contributed by atoms with E-state index in [9.17, 15) is 4.79 Å². The minimum absolute atomic E-state index is 0.103. The maximum absolute atomic E-state index is 10.7. The molecule has 0 aliphatic rings. The van der Waals surface area contributed by atoms with Crippen molar-refractivity contribution in [1.82, 2.24) is 4.90 Å². The molecule has 1 N–H and O–H groups in total. The van der Waals surface area contributed by atoms with E-state index >= 15 is 0 Å². The molecule has 4 heteroatoms. The number of nitrogens with zero attached hydrogens (tertiary/aromatic N) is 1. The van der Waals surface area contributed by atoms with E-state index in [4.69, 9.17) is 9.84 Å². The van der Waals surface area contributed by atoms with Crippen molar-refractivity contribution in [2.24, 2.45) is 0 Å². The van der Waals surface area contributed by atoms with Crippen molar-refractivity contribution >= 4 is 5.97 Å². The number of aliphatic carboxylic acids is 1. The van der Waals surface area contributed by atoms with Crippen LogP contribution in [0, 0.1) is 0 Å². The van der Waals surface area contributed by atoms with Gasteiger partial charge in [0.1, 0.15) is 0 Å². The summed E-state index contributed by atoms with van der Waals surface area (Å²) in [6.07, 6.45) is 3.16. The Hall–Kier alpha value is -0.610. The van der Waals surface area contributed by atoms with Gasteiger partial charge in [0.05, 0.1) is 13.2 Å². The number of carboxylic acids is 1. The molecule has 16 heavy (non-hydrogen) atoms. The summed E-state index contributed by atoms with van der Waals surface area (Å²) in [7, 11) is 0. The molecular weight excluding hydrogens is 206 g/mol. The molecular formula is C12H25NO3. The number of hydrogen-bond acceptors (Lipinski definition) is 3. The van der Waals surface area contributed by atoms with Gasteiger partial charge in [0.15, 0.2) is 0 Å². The Morgan fingerprint density at radius 3 is 2.56 bits per heavy atom. The molecule has 0 aliphatic carbocycles. The summed E-state index contributed by atoms with van der Waals surface area (Å²) < 4.78 is 5.45. The first-order chi connectivity index (χ1) is 7.61. The first-order valence-electron chi connectivity index (χ1n) is 6.15. The lowest BCUT2D eigenvalue weighted by Crippen LogP contribution is -2.39. The summed E-state index contributed by atoms with van der Waals surface area (Å²) in [5.41, 5.74) is 0. The Kier molecular flexibility index (Phi) is 9.24. The second kappa shape index (κ2) is 9.60. The van der Waals surface area contributed by atoms with Gasteiger partial charge in [0.25, 0.3) is 0 Å². The van der Waals surface area contributed by atoms with Gasteiger partial charge in [-0.2, -0.15) is 0 Å². The van der Waals surface area contributed by atoms with Crippen LogP contribution in [-0.4, -0.2) is 48.3 Å². The van der Waals surface area contributed by atoms with Crippen molar-refractivity contribution in [3.05, 3.63) is 0 Å². The van der Waals surface area contributed by atoms with Crippen LogP contribution >= 0.6 is 0 Å². The third-order valence-corrected chi connectivity index (χ3v) is 2.72. The molecule has 0 amide bonds. The van der Waals surface area contributed by atoms with Crippen LogP contribution in [0.2, 0.25) is 0 Å². The van der Waals surface area contributed by atoms with Crippen LogP contribution in [0.25, 0.3) is 0 Å². The largest absolute Gasteiger partial charge is 0.480 e. The highest BCUT2D eigenvalue weighted by Crippen LogP contribution is 2.02. The topological polar surface area (TPSA) is 49.8 Å². The Morgan fingerprint density at radius 1 is 1.38 bits per heavy atom. The van der Waals surface area contributed by atoms with Crippen molar-refractivity contribution in [2.45, 2.75) is 46.1 Å². The van der Waals surface area contributed by atoms with Gasteiger partial charge < -0.3 is 9.84 Å². The zero-order chi connectivity index (χ0) is 12.4. The normalized spacial score (nSPS) is 13.0. The average Bonchev–Trinajstić information content (AvgIpc) is 2.25. The van der Waals surface area contributed by atoms with Crippen molar-refractivity contribution in [1.29, 1.82) is 0 Å². The van der Waals surface area contributed by atoms with Crippen molar-refractivity contribution in [2.75, 3.05) is 26.3 Å². The zero-order valence-electron chi connectivity index (χ0n) is 10.7. The Balaban J connectivity index is 3.78. The molecule has 0 bridgehead atoms. The predicted octanol–water partition coefficient (Wildman–Crippen LogP) is 1.99. The number of unbranched alkanes of at least 4 members (excludes halogenated alkanes) is 1. The highest BCUT2D eigenvalue weighted by atomic mass is 16.5. The fourth-order valence-electron chi connectivity index (χ4n) is 1.42. The van der Waals surface area contributed by atoms with Crippen LogP contribution in [-0.2, 0) is 9.53 Å². The molecule has 96 valence electrons. The highest BCUT2D eigenvalue weighted by Gasteiger charge is 2.14. The quantitative estimate of drug-likeness (QED) is 0.584. The molecule has 0 aromatic heterocycles. The third kappa shape index (κ3) is 7.65. The maximum Gasteiger partial charge on any atom is 0.317 e. The number of carbonyl (C=O) groups is 1. The van der Waals surface area contributed by atoms with Gasteiger partial charge >= 0.3 is 5.97 Å². The summed E-state index contributed by atoms with van der Waals surface area (Å²) in [4.78, 5) is 12.6. The fraction of sp³-hybridized carbons (Fsp3) is 0.917. The van der Waals surface area contributed by atoms with E-state index in [1.807, 2.05) is 4.90 Å². The molecule has 0 saturated carbocycles. The van der Waals surface area contributed by atoms with Gasteiger partial charge in [0, 0.05) is 19.2 Å². The first-order valence-corrected chi connectivity index (χ1v) is 6.15. The van der Waals surface area contributed by atoms with Gasteiger partial charge in [0.2, 0.25) is 0 Å². The number of ether oxygens (including phenoxy) is 1. The van der Waals surface area contributed by atoms with E-state index in [0.717, 1.165) is 25.9 Å². The Bertz CT molecular complexity index is 185. The fourth-order valence-corrected chi connectivity index (χ4v) is 1.42. The lowest BCUT2D eigenvalue weighted by molar-refractivity contribution is -0.139. The van der Waals surface area contributed by atoms with E-state index in [1.165, 1.54) is 0 Å². The van der Waals surface area contributed by atoms with E-state index in [2.05, 4.69) is 20.8 Å². The predicted molar refractivity (Wildman–Crippen MR) is 64.7 cm³/mol. The maximum atomic E-state index is 10.7. The lowest BCUT2D eigenvalue weighted by atomic mass is 10.2. The van der Waals surface area contributed by atoms with Crippen LogP contribution in [0.5, 0.6) is 0 Å². The third-order valence-electron chi connectivity index (χ3n) is 2.72. The molecule has 0 aromatic rings. The van der Waals surface area contributed by atoms with Crippen LogP contribution in [0.15, 0.2) is 0 Å². The van der Waals surface area contributed by atoms with Crippen LogP contribution in [0.1, 0.15) is 40.0 Å². The molecule has 1 atom stereocenters. The SMILES string of the molecule is CCCCOCCN(CC(=O)O)C(C)CC. The van der Waals surface area contributed by atoms with Gasteiger partial charge in [-0.1, -0.05) is 20.3 Å². The summed E-state index contributed by atoms with van der Waals surface area (Å²) in [6.45, 7) is 8.44. The standard InChI is InChI=1S/C12H25NO3/c1-4-6-8-16-9-7-13(10-12(14)15)11(3)5-2/h11H,4-10H2,1-3H3,(H,14,15). The zero-order valence-corrected chi connectivity index (χ0v) is 10.7. The van der Waals surface area contributed by atoms with Crippen molar-refractivity contribution in [3.8, 4) is 0 Å². The molecule has 0 radical (unpaired) electrons. The molecule has 4 nitrogen and oxygen atoms in total. The lowest BCUT2D eigenvalue weighted by Gasteiger charge is -2.26. The smallest absolute Gasteiger partial charge is 0.317 e. The van der Waals surface area contributed by atoms with E-state index < -0.39 is 5.97 Å². The van der Waals surface area contributed by atoms with Crippen molar-refractivity contribution < 1.29 is 14.6 Å². The molecule has 0 fully saturated rings. The summed E-state index contributed by atoms with van der Waals surface area (Å²) >= 11 is 0. The summed E-state index contributed by atoms with van der Waals surface area (Å²) in [5.74, 6) is -0.770.